The van der Waals surface area contributed by atoms with Gasteiger partial charge in [-0.25, -0.2) is 4.39 Å². The number of likely N-dealkylation sites (tertiary alicyclic amines) is 1. The lowest BCUT2D eigenvalue weighted by Gasteiger charge is -2.40. The summed E-state index contributed by atoms with van der Waals surface area (Å²) in [6.45, 7) is 1.57. The summed E-state index contributed by atoms with van der Waals surface area (Å²) in [6, 6.07) is 6.73. The number of nitrogens with zero attached hydrogens (tertiary/aromatic N) is 1. The summed E-state index contributed by atoms with van der Waals surface area (Å²) in [5, 5.41) is 0.162. The third-order valence-corrected chi connectivity index (χ3v) is 5.62. The van der Waals surface area contributed by atoms with E-state index < -0.39 is 23.8 Å². The quantitative estimate of drug-likeness (QED) is 0.427. The molecule has 0 unspecified atom stereocenters. The largest absolute Gasteiger partial charge is 0.573 e. The maximum absolute atomic E-state index is 14.3. The summed E-state index contributed by atoms with van der Waals surface area (Å²) in [4.78, 5) is 13.8. The summed E-state index contributed by atoms with van der Waals surface area (Å²) in [7, 11) is 0. The van der Waals surface area contributed by atoms with Gasteiger partial charge in [-0.2, -0.15) is 0 Å². The molecule has 162 valence electrons. The highest BCUT2D eigenvalue weighted by Gasteiger charge is 2.33. The van der Waals surface area contributed by atoms with E-state index in [1.807, 2.05) is 4.90 Å². The Kier molecular flexibility index (Phi) is 7.06. The van der Waals surface area contributed by atoms with Gasteiger partial charge in [0.1, 0.15) is 11.6 Å². The van der Waals surface area contributed by atoms with Crippen LogP contribution in [0.5, 0.6) is 5.75 Å². The molecule has 2 aromatic rings. The van der Waals surface area contributed by atoms with Gasteiger partial charge in [0, 0.05) is 36.8 Å². The average Bonchev–Trinajstić information content (AvgIpc) is 2.61. The molecule has 30 heavy (non-hydrogen) atoms. The molecular formula is C19H16Cl2F4N2O2S. The van der Waals surface area contributed by atoms with Gasteiger partial charge in [-0.15, -0.1) is 13.2 Å². The molecule has 1 N–H and O–H groups in total. The molecule has 1 saturated heterocycles. The molecule has 3 rings (SSSR count). The van der Waals surface area contributed by atoms with Crippen molar-refractivity contribution >= 4 is 41.1 Å². The Morgan fingerprint density at radius 3 is 2.53 bits per heavy atom. The lowest BCUT2D eigenvalue weighted by molar-refractivity contribution is -0.274. The predicted molar refractivity (Wildman–Crippen MR) is 109 cm³/mol. The van der Waals surface area contributed by atoms with Crippen LogP contribution in [0.25, 0.3) is 0 Å². The van der Waals surface area contributed by atoms with E-state index in [4.69, 9.17) is 23.2 Å². The fraction of sp³-hybridized carbons (Fsp3) is 0.316. The minimum absolute atomic E-state index is 0.0673. The zero-order valence-corrected chi connectivity index (χ0v) is 17.9. The van der Waals surface area contributed by atoms with Crippen LogP contribution in [0.1, 0.15) is 27.4 Å². The predicted octanol–water partition coefficient (Wildman–Crippen LogP) is 5.64. The summed E-state index contributed by atoms with van der Waals surface area (Å²) < 4.78 is 57.6. The van der Waals surface area contributed by atoms with E-state index in [1.165, 1.54) is 24.3 Å². The third kappa shape index (κ3) is 5.51. The van der Waals surface area contributed by atoms with Gasteiger partial charge < -0.3 is 4.74 Å². The van der Waals surface area contributed by atoms with Gasteiger partial charge in [-0.3, -0.25) is 14.4 Å². The van der Waals surface area contributed by atoms with Gasteiger partial charge in [0.15, 0.2) is 0 Å². The molecule has 0 atom stereocenters. The van der Waals surface area contributed by atoms with Crippen LogP contribution in [0.2, 0.25) is 10.0 Å². The van der Waals surface area contributed by atoms with Crippen molar-refractivity contribution in [2.75, 3.05) is 19.3 Å². The number of carbonyl (C=O) groups is 1. The van der Waals surface area contributed by atoms with Crippen molar-refractivity contribution in [3.63, 3.8) is 0 Å². The topological polar surface area (TPSA) is 41.6 Å². The first-order valence-electron chi connectivity index (χ1n) is 8.66. The Morgan fingerprint density at radius 1 is 1.23 bits per heavy atom. The van der Waals surface area contributed by atoms with Crippen LogP contribution in [-0.2, 0) is 6.54 Å². The van der Waals surface area contributed by atoms with Crippen LogP contribution < -0.4 is 9.46 Å². The number of amides is 1. The normalized spacial score (nSPS) is 15.0. The molecule has 1 fully saturated rings. The fourth-order valence-corrected chi connectivity index (χ4v) is 3.91. The fourth-order valence-electron chi connectivity index (χ4n) is 3.16. The summed E-state index contributed by atoms with van der Waals surface area (Å²) in [5.41, 5.74) is 1.20. The number of nitrogens with one attached hydrogen (secondary N) is 1. The number of hydrogen-bond donors (Lipinski definition) is 1. The number of hydrogen-bond acceptors (Lipinski definition) is 4. The Hall–Kier alpha value is -1.68. The van der Waals surface area contributed by atoms with Crippen LogP contribution in [0.15, 0.2) is 30.3 Å². The van der Waals surface area contributed by atoms with Gasteiger partial charge >= 0.3 is 6.36 Å². The van der Waals surface area contributed by atoms with E-state index in [2.05, 4.69) is 9.46 Å². The van der Waals surface area contributed by atoms with Crippen molar-refractivity contribution in [3.8, 4) is 5.75 Å². The average molecular weight is 483 g/mol. The lowest BCUT2D eigenvalue weighted by Crippen LogP contribution is -2.44. The number of rotatable bonds is 6. The first kappa shape index (κ1) is 23.0. The van der Waals surface area contributed by atoms with Gasteiger partial charge in [0.2, 0.25) is 0 Å². The highest BCUT2D eigenvalue weighted by atomic mass is 35.5. The number of benzene rings is 2. The second-order valence-electron chi connectivity index (χ2n) is 6.69. The van der Waals surface area contributed by atoms with Gasteiger partial charge in [-0.1, -0.05) is 41.2 Å². The molecular weight excluding hydrogens is 467 g/mol. The van der Waals surface area contributed by atoms with Crippen molar-refractivity contribution in [1.82, 2.24) is 9.62 Å². The maximum atomic E-state index is 14.3. The summed E-state index contributed by atoms with van der Waals surface area (Å²) in [5.74, 6) is -1.60. The van der Waals surface area contributed by atoms with E-state index in [9.17, 15) is 22.4 Å². The van der Waals surface area contributed by atoms with Crippen molar-refractivity contribution in [2.24, 2.45) is 0 Å². The molecule has 2 aromatic carbocycles. The van der Waals surface area contributed by atoms with Gasteiger partial charge in [-0.05, 0) is 35.4 Å². The second kappa shape index (κ2) is 9.21. The minimum atomic E-state index is -4.81. The Labute approximate surface area is 184 Å². The highest BCUT2D eigenvalue weighted by Crippen LogP contribution is 2.36. The van der Waals surface area contributed by atoms with Crippen molar-refractivity contribution < 1.29 is 27.1 Å². The number of ether oxygens (including phenoxy) is 1. The van der Waals surface area contributed by atoms with Crippen LogP contribution in [0, 0.1) is 5.82 Å². The molecule has 4 nitrogen and oxygen atoms in total. The lowest BCUT2D eigenvalue weighted by atomic mass is 9.91. The number of alkyl halides is 3. The SMILES string of the molecule is CSNC(=O)c1cc(Cl)c(CN2CC(c3ccc(OC(F)(F)F)c(Cl)c3)C2)cc1F. The van der Waals surface area contributed by atoms with E-state index in [0.29, 0.717) is 25.2 Å². The molecule has 1 aliphatic heterocycles. The molecule has 0 spiro atoms. The third-order valence-electron chi connectivity index (χ3n) is 4.58. The maximum Gasteiger partial charge on any atom is 0.573 e. The highest BCUT2D eigenvalue weighted by molar-refractivity contribution is 7.97. The summed E-state index contributed by atoms with van der Waals surface area (Å²) >= 11 is 13.2. The summed E-state index contributed by atoms with van der Waals surface area (Å²) in [6.07, 6.45) is -3.16. The number of carbonyl (C=O) groups excluding carboxylic acids is 1. The van der Waals surface area contributed by atoms with Crippen molar-refractivity contribution in [2.45, 2.75) is 18.8 Å². The molecule has 1 heterocycles. The Bertz CT molecular complexity index is 953. The standard InChI is InChI=1S/C19H16Cl2F4N2O2S/c1-30-26-18(28)13-6-14(20)11(5-16(13)22)7-27-8-12(9-27)10-2-3-17(15(21)4-10)29-19(23,24)25/h2-6,12H,7-9H2,1H3,(H,26,28). The Morgan fingerprint density at radius 2 is 1.93 bits per heavy atom. The monoisotopic (exact) mass is 482 g/mol. The second-order valence-corrected chi connectivity index (χ2v) is 8.11. The Balaban J connectivity index is 1.62. The van der Waals surface area contributed by atoms with Gasteiger partial charge in [0.05, 0.1) is 10.6 Å². The van der Waals surface area contributed by atoms with Crippen LogP contribution >= 0.6 is 35.1 Å². The zero-order chi connectivity index (χ0) is 22.1. The van der Waals surface area contributed by atoms with E-state index in [-0.39, 0.29) is 21.5 Å². The molecule has 0 aliphatic carbocycles. The minimum Gasteiger partial charge on any atom is -0.404 e. The molecule has 0 bridgehead atoms. The van der Waals surface area contributed by atoms with E-state index in [1.54, 1.807) is 12.3 Å². The first-order valence-corrected chi connectivity index (χ1v) is 10.6. The molecule has 0 saturated carbocycles. The van der Waals surface area contributed by atoms with Gasteiger partial charge in [0.25, 0.3) is 5.91 Å². The van der Waals surface area contributed by atoms with Crippen LogP contribution in [0.4, 0.5) is 17.6 Å². The molecule has 0 radical (unpaired) electrons. The van der Waals surface area contributed by atoms with Crippen LogP contribution in [0.3, 0.4) is 0 Å². The molecule has 1 aliphatic rings. The molecule has 0 aromatic heterocycles. The van der Waals surface area contributed by atoms with Crippen molar-refractivity contribution in [3.05, 3.63) is 62.9 Å². The zero-order valence-electron chi connectivity index (χ0n) is 15.5. The molecule has 11 heteroatoms. The van der Waals surface area contributed by atoms with E-state index in [0.717, 1.165) is 17.5 Å². The molecule has 1 amide bonds. The van der Waals surface area contributed by atoms with Crippen LogP contribution in [-0.4, -0.2) is 36.5 Å². The smallest absolute Gasteiger partial charge is 0.404 e. The number of halogens is 6. The first-order chi connectivity index (χ1) is 14.1. The van der Waals surface area contributed by atoms with Crippen molar-refractivity contribution in [1.29, 1.82) is 0 Å². The van der Waals surface area contributed by atoms with E-state index >= 15 is 0 Å².